The quantitative estimate of drug-likeness (QED) is 0.892. The molecule has 0 saturated carbocycles. The second-order valence-corrected chi connectivity index (χ2v) is 4.57. The Hall–Kier alpha value is -0.250. The maximum absolute atomic E-state index is 9.65. The summed E-state index contributed by atoms with van der Waals surface area (Å²) < 4.78 is 0.589. The first-order valence-corrected chi connectivity index (χ1v) is 5.52. The van der Waals surface area contributed by atoms with E-state index in [-0.39, 0.29) is 11.9 Å². The van der Waals surface area contributed by atoms with Crippen molar-refractivity contribution in [2.75, 3.05) is 0 Å². The Balaban J connectivity index is 2.85. The number of aromatic hydroxyl groups is 1. The van der Waals surface area contributed by atoms with E-state index in [0.717, 1.165) is 5.56 Å². The molecule has 78 valence electrons. The summed E-state index contributed by atoms with van der Waals surface area (Å²) in [5.41, 5.74) is 0.755. The Morgan fingerprint density at radius 3 is 2.71 bits per heavy atom. The lowest BCUT2D eigenvalue weighted by atomic mass is 10.1. The van der Waals surface area contributed by atoms with E-state index in [0.29, 0.717) is 22.3 Å². The van der Waals surface area contributed by atoms with Gasteiger partial charge in [0, 0.05) is 5.02 Å². The summed E-state index contributed by atoms with van der Waals surface area (Å²) >= 11 is 9.04. The Bertz CT molecular complexity index is 326. The molecule has 2 nitrogen and oxygen atoms in total. The Morgan fingerprint density at radius 1 is 1.50 bits per heavy atom. The fraction of sp³-hybridized carbons (Fsp3) is 0.400. The lowest BCUT2D eigenvalue weighted by Gasteiger charge is -2.08. The number of aliphatic hydroxyl groups is 1. The third kappa shape index (κ3) is 3.15. The molecule has 0 aromatic heterocycles. The van der Waals surface area contributed by atoms with Gasteiger partial charge >= 0.3 is 0 Å². The average Bonchev–Trinajstić information content (AvgIpc) is 2.08. The topological polar surface area (TPSA) is 40.5 Å². The zero-order chi connectivity index (χ0) is 10.7. The molecular weight excluding hydrogens is 267 g/mol. The molecule has 0 aliphatic carbocycles. The number of halogens is 2. The fourth-order valence-electron chi connectivity index (χ4n) is 1.17. The molecule has 0 aliphatic heterocycles. The molecule has 0 bridgehead atoms. The first-order chi connectivity index (χ1) is 6.50. The van der Waals surface area contributed by atoms with E-state index in [1.807, 2.05) is 0 Å². The van der Waals surface area contributed by atoms with Gasteiger partial charge in [0.2, 0.25) is 0 Å². The van der Waals surface area contributed by atoms with Crippen LogP contribution in [0.2, 0.25) is 5.02 Å². The zero-order valence-corrected chi connectivity index (χ0v) is 10.1. The van der Waals surface area contributed by atoms with Crippen LogP contribution in [-0.4, -0.2) is 16.3 Å². The van der Waals surface area contributed by atoms with E-state index in [1.54, 1.807) is 19.1 Å². The second-order valence-electron chi connectivity index (χ2n) is 3.28. The van der Waals surface area contributed by atoms with Gasteiger partial charge < -0.3 is 10.2 Å². The number of hydrogen-bond acceptors (Lipinski definition) is 2. The van der Waals surface area contributed by atoms with Gasteiger partial charge in [-0.1, -0.05) is 11.6 Å². The first-order valence-electron chi connectivity index (χ1n) is 4.35. The lowest BCUT2D eigenvalue weighted by Crippen LogP contribution is -2.01. The maximum Gasteiger partial charge on any atom is 0.133 e. The summed E-state index contributed by atoms with van der Waals surface area (Å²) in [5.74, 6) is 0.204. The number of phenols is 1. The fourth-order valence-corrected chi connectivity index (χ4v) is 2.05. The highest BCUT2D eigenvalue weighted by molar-refractivity contribution is 9.10. The van der Waals surface area contributed by atoms with Crippen LogP contribution in [0.4, 0.5) is 0 Å². The second kappa shape index (κ2) is 5.01. The van der Waals surface area contributed by atoms with Gasteiger partial charge in [-0.3, -0.25) is 0 Å². The first kappa shape index (κ1) is 11.8. The molecule has 4 heteroatoms. The third-order valence-electron chi connectivity index (χ3n) is 1.94. The van der Waals surface area contributed by atoms with E-state index in [4.69, 9.17) is 16.7 Å². The summed E-state index contributed by atoms with van der Waals surface area (Å²) in [6, 6.07) is 3.35. The standard InChI is InChI=1S/C10H12BrClO2/c1-6(13)2-3-7-4-8(12)5-9(11)10(7)14/h4-6,13-14H,2-3H2,1H3/t6-/m0/s1. The van der Waals surface area contributed by atoms with Crippen molar-refractivity contribution in [2.45, 2.75) is 25.9 Å². The zero-order valence-electron chi connectivity index (χ0n) is 7.80. The molecular formula is C10H12BrClO2. The van der Waals surface area contributed by atoms with Crippen molar-refractivity contribution >= 4 is 27.5 Å². The highest BCUT2D eigenvalue weighted by Crippen LogP contribution is 2.32. The Kier molecular flexibility index (Phi) is 4.23. The van der Waals surface area contributed by atoms with Crippen molar-refractivity contribution in [1.82, 2.24) is 0 Å². The number of phenolic OH excluding ortho intramolecular Hbond substituents is 1. The molecule has 0 fully saturated rings. The van der Waals surface area contributed by atoms with Crippen LogP contribution in [0.25, 0.3) is 0 Å². The molecule has 0 radical (unpaired) electrons. The van der Waals surface area contributed by atoms with Crippen molar-refractivity contribution in [1.29, 1.82) is 0 Å². The normalized spacial score (nSPS) is 12.9. The number of hydrogen-bond donors (Lipinski definition) is 2. The summed E-state index contributed by atoms with van der Waals surface area (Å²) in [6.07, 6.45) is 0.857. The van der Waals surface area contributed by atoms with Crippen LogP contribution in [0.5, 0.6) is 5.75 Å². The van der Waals surface area contributed by atoms with Gasteiger partial charge in [0.15, 0.2) is 0 Å². The molecule has 1 aromatic rings. The average molecular weight is 280 g/mol. The van der Waals surface area contributed by atoms with Gasteiger partial charge in [-0.2, -0.15) is 0 Å². The summed E-state index contributed by atoms with van der Waals surface area (Å²) in [7, 11) is 0. The largest absolute Gasteiger partial charge is 0.506 e. The van der Waals surface area contributed by atoms with Crippen LogP contribution in [-0.2, 0) is 6.42 Å². The molecule has 1 rings (SSSR count). The van der Waals surface area contributed by atoms with E-state index in [2.05, 4.69) is 15.9 Å². The number of aryl methyl sites for hydroxylation is 1. The third-order valence-corrected chi connectivity index (χ3v) is 2.76. The van der Waals surface area contributed by atoms with Crippen LogP contribution in [0.3, 0.4) is 0 Å². The van der Waals surface area contributed by atoms with Gasteiger partial charge in [-0.15, -0.1) is 0 Å². The summed E-state index contributed by atoms with van der Waals surface area (Å²) in [5, 5.41) is 19.3. The van der Waals surface area contributed by atoms with Crippen LogP contribution < -0.4 is 0 Å². The van der Waals surface area contributed by atoms with Gasteiger partial charge in [0.25, 0.3) is 0 Å². The van der Waals surface area contributed by atoms with Gasteiger partial charge in [-0.05, 0) is 53.4 Å². The van der Waals surface area contributed by atoms with Crippen LogP contribution in [0, 0.1) is 0 Å². The van der Waals surface area contributed by atoms with Crippen molar-refractivity contribution in [3.05, 3.63) is 27.2 Å². The predicted molar refractivity (Wildman–Crippen MR) is 60.8 cm³/mol. The molecule has 0 saturated heterocycles. The maximum atomic E-state index is 9.65. The number of benzene rings is 1. The van der Waals surface area contributed by atoms with E-state index in [9.17, 15) is 5.11 Å². The van der Waals surface area contributed by atoms with Crippen molar-refractivity contribution in [3.8, 4) is 5.75 Å². The molecule has 1 aromatic carbocycles. The molecule has 14 heavy (non-hydrogen) atoms. The molecule has 0 heterocycles. The molecule has 0 spiro atoms. The lowest BCUT2D eigenvalue weighted by molar-refractivity contribution is 0.184. The number of aliphatic hydroxyl groups excluding tert-OH is 1. The van der Waals surface area contributed by atoms with E-state index in [1.165, 1.54) is 0 Å². The van der Waals surface area contributed by atoms with Crippen LogP contribution >= 0.6 is 27.5 Å². The van der Waals surface area contributed by atoms with Crippen LogP contribution in [0.1, 0.15) is 18.9 Å². The van der Waals surface area contributed by atoms with Crippen LogP contribution in [0.15, 0.2) is 16.6 Å². The highest BCUT2D eigenvalue weighted by Gasteiger charge is 2.08. The smallest absolute Gasteiger partial charge is 0.133 e. The minimum Gasteiger partial charge on any atom is -0.506 e. The summed E-state index contributed by atoms with van der Waals surface area (Å²) in [4.78, 5) is 0. The molecule has 0 aliphatic rings. The molecule has 0 unspecified atom stereocenters. The van der Waals surface area contributed by atoms with E-state index >= 15 is 0 Å². The molecule has 0 amide bonds. The van der Waals surface area contributed by atoms with Gasteiger partial charge in [-0.25, -0.2) is 0 Å². The number of rotatable bonds is 3. The minimum absolute atomic E-state index is 0.204. The van der Waals surface area contributed by atoms with Crippen molar-refractivity contribution in [3.63, 3.8) is 0 Å². The predicted octanol–water partition coefficient (Wildman–Crippen LogP) is 3.12. The molecule has 2 N–H and O–H groups in total. The van der Waals surface area contributed by atoms with Crippen molar-refractivity contribution in [2.24, 2.45) is 0 Å². The Morgan fingerprint density at radius 2 is 2.14 bits per heavy atom. The monoisotopic (exact) mass is 278 g/mol. The summed E-state index contributed by atoms with van der Waals surface area (Å²) in [6.45, 7) is 1.72. The SMILES string of the molecule is C[C@H](O)CCc1cc(Cl)cc(Br)c1O. The minimum atomic E-state index is -0.368. The van der Waals surface area contributed by atoms with Gasteiger partial charge in [0.05, 0.1) is 10.6 Å². The van der Waals surface area contributed by atoms with E-state index < -0.39 is 0 Å². The highest BCUT2D eigenvalue weighted by atomic mass is 79.9. The van der Waals surface area contributed by atoms with Gasteiger partial charge in [0.1, 0.15) is 5.75 Å². The Labute approximate surface area is 96.7 Å². The van der Waals surface area contributed by atoms with Crippen molar-refractivity contribution < 1.29 is 10.2 Å². The molecule has 1 atom stereocenters.